The standard InChI is InChI=1S/C11H12O2/c1-10-5-4-9(13)11(10,2)6-3-8(12)7-10/h3-6H,7H2,1-2H3. The van der Waals surface area contributed by atoms with Crippen LogP contribution in [0.15, 0.2) is 24.3 Å². The van der Waals surface area contributed by atoms with E-state index >= 15 is 0 Å². The summed E-state index contributed by atoms with van der Waals surface area (Å²) in [5.74, 6) is 0.220. The number of allylic oxidation sites excluding steroid dienone is 4. The van der Waals surface area contributed by atoms with Crippen LogP contribution in [0.3, 0.4) is 0 Å². The van der Waals surface area contributed by atoms with Gasteiger partial charge in [0.25, 0.3) is 0 Å². The van der Waals surface area contributed by atoms with Crippen LogP contribution >= 0.6 is 0 Å². The summed E-state index contributed by atoms with van der Waals surface area (Å²) in [7, 11) is 0. The molecule has 0 aromatic rings. The third-order valence-electron chi connectivity index (χ3n) is 3.44. The molecule has 0 bridgehead atoms. The fourth-order valence-electron chi connectivity index (χ4n) is 2.08. The quantitative estimate of drug-likeness (QED) is 0.562. The first-order chi connectivity index (χ1) is 5.98. The molecule has 2 nitrogen and oxygen atoms in total. The second kappa shape index (κ2) is 2.19. The molecule has 0 radical (unpaired) electrons. The average molecular weight is 176 g/mol. The molecule has 2 atom stereocenters. The van der Waals surface area contributed by atoms with Crippen molar-refractivity contribution in [1.82, 2.24) is 0 Å². The van der Waals surface area contributed by atoms with Gasteiger partial charge >= 0.3 is 0 Å². The van der Waals surface area contributed by atoms with Crippen molar-refractivity contribution in [3.8, 4) is 0 Å². The first-order valence-electron chi connectivity index (χ1n) is 4.44. The van der Waals surface area contributed by atoms with Crippen LogP contribution in [0.1, 0.15) is 20.3 Å². The maximum atomic E-state index is 11.6. The van der Waals surface area contributed by atoms with Crippen molar-refractivity contribution >= 4 is 11.6 Å². The van der Waals surface area contributed by atoms with Crippen molar-refractivity contribution in [1.29, 1.82) is 0 Å². The molecule has 0 fully saturated rings. The summed E-state index contributed by atoms with van der Waals surface area (Å²) in [6, 6.07) is 0. The Hall–Kier alpha value is -1.18. The third kappa shape index (κ3) is 0.886. The van der Waals surface area contributed by atoms with Crippen LogP contribution in [-0.4, -0.2) is 11.6 Å². The number of ketones is 2. The van der Waals surface area contributed by atoms with E-state index in [2.05, 4.69) is 0 Å². The molecule has 68 valence electrons. The number of hydrogen-bond donors (Lipinski definition) is 0. The van der Waals surface area contributed by atoms with E-state index in [0.717, 1.165) is 0 Å². The lowest BCUT2D eigenvalue weighted by molar-refractivity contribution is -0.126. The number of hydrogen-bond acceptors (Lipinski definition) is 2. The molecular weight excluding hydrogens is 164 g/mol. The lowest BCUT2D eigenvalue weighted by Gasteiger charge is -2.38. The highest BCUT2D eigenvalue weighted by Gasteiger charge is 2.51. The third-order valence-corrected chi connectivity index (χ3v) is 3.44. The van der Waals surface area contributed by atoms with Gasteiger partial charge in [-0.2, -0.15) is 0 Å². The second-order valence-electron chi connectivity index (χ2n) is 4.29. The number of carbonyl (C=O) groups is 2. The molecule has 0 aromatic heterocycles. The number of carbonyl (C=O) groups excluding carboxylic acids is 2. The van der Waals surface area contributed by atoms with E-state index in [1.165, 1.54) is 6.08 Å². The minimum absolute atomic E-state index is 0.110. The summed E-state index contributed by atoms with van der Waals surface area (Å²) in [6.45, 7) is 3.87. The monoisotopic (exact) mass is 176 g/mol. The van der Waals surface area contributed by atoms with Crippen LogP contribution in [0.2, 0.25) is 0 Å². The molecule has 0 N–H and O–H groups in total. The molecule has 13 heavy (non-hydrogen) atoms. The van der Waals surface area contributed by atoms with Gasteiger partial charge in [-0.3, -0.25) is 9.59 Å². The normalized spacial score (nSPS) is 42.6. The van der Waals surface area contributed by atoms with Crippen molar-refractivity contribution in [2.75, 3.05) is 0 Å². The topological polar surface area (TPSA) is 34.1 Å². The fraction of sp³-hybridized carbons (Fsp3) is 0.455. The zero-order valence-corrected chi connectivity index (χ0v) is 7.83. The molecule has 0 aromatic carbocycles. The Morgan fingerprint density at radius 1 is 1.15 bits per heavy atom. The van der Waals surface area contributed by atoms with E-state index in [0.29, 0.717) is 6.42 Å². The lowest BCUT2D eigenvalue weighted by Crippen LogP contribution is -2.40. The molecule has 2 unspecified atom stereocenters. The molecule has 2 aliphatic carbocycles. The first kappa shape index (κ1) is 8.42. The second-order valence-corrected chi connectivity index (χ2v) is 4.29. The fourth-order valence-corrected chi connectivity index (χ4v) is 2.08. The molecular formula is C11H12O2. The van der Waals surface area contributed by atoms with E-state index in [-0.39, 0.29) is 17.0 Å². The van der Waals surface area contributed by atoms with Crippen LogP contribution in [-0.2, 0) is 9.59 Å². The zero-order chi connectivity index (χ0) is 9.69. The minimum Gasteiger partial charge on any atom is -0.295 e. The van der Waals surface area contributed by atoms with Gasteiger partial charge in [0.15, 0.2) is 11.6 Å². The molecule has 0 aliphatic heterocycles. The Morgan fingerprint density at radius 2 is 1.85 bits per heavy atom. The Balaban J connectivity index is 2.56. The van der Waals surface area contributed by atoms with Crippen molar-refractivity contribution in [3.05, 3.63) is 24.3 Å². The van der Waals surface area contributed by atoms with Gasteiger partial charge < -0.3 is 0 Å². The summed E-state index contributed by atoms with van der Waals surface area (Å²) in [5, 5.41) is 0. The molecule has 0 amide bonds. The van der Waals surface area contributed by atoms with E-state index in [1.807, 2.05) is 19.9 Å². The minimum atomic E-state index is -0.485. The molecule has 0 spiro atoms. The van der Waals surface area contributed by atoms with Crippen LogP contribution < -0.4 is 0 Å². The van der Waals surface area contributed by atoms with Gasteiger partial charge in [0.05, 0.1) is 5.41 Å². The SMILES string of the molecule is CC12C=CC(=O)C1(C)C=CC(=O)C2. The molecule has 0 heterocycles. The molecule has 0 saturated carbocycles. The molecule has 2 aliphatic rings. The Kier molecular flexibility index (Phi) is 1.42. The number of rotatable bonds is 0. The summed E-state index contributed by atoms with van der Waals surface area (Å²) in [4.78, 5) is 22.8. The van der Waals surface area contributed by atoms with E-state index in [1.54, 1.807) is 12.2 Å². The van der Waals surface area contributed by atoms with Crippen molar-refractivity contribution in [3.63, 3.8) is 0 Å². The maximum absolute atomic E-state index is 11.6. The molecule has 2 heteroatoms. The summed E-state index contributed by atoms with van der Waals surface area (Å²) in [6.07, 6.45) is 7.20. The van der Waals surface area contributed by atoms with Gasteiger partial charge in [0.2, 0.25) is 0 Å². The Labute approximate surface area is 77.3 Å². The van der Waals surface area contributed by atoms with Gasteiger partial charge in [-0.25, -0.2) is 0 Å². The van der Waals surface area contributed by atoms with E-state index < -0.39 is 5.41 Å². The maximum Gasteiger partial charge on any atom is 0.165 e. The number of fused-ring (bicyclic) bond motifs is 1. The lowest BCUT2D eigenvalue weighted by atomic mass is 9.62. The largest absolute Gasteiger partial charge is 0.295 e. The smallest absolute Gasteiger partial charge is 0.165 e. The van der Waals surface area contributed by atoms with Gasteiger partial charge in [-0.1, -0.05) is 19.1 Å². The Bertz CT molecular complexity index is 351. The van der Waals surface area contributed by atoms with E-state index in [4.69, 9.17) is 0 Å². The highest BCUT2D eigenvalue weighted by Crippen LogP contribution is 2.51. The van der Waals surface area contributed by atoms with Crippen LogP contribution in [0.4, 0.5) is 0 Å². The summed E-state index contributed by atoms with van der Waals surface area (Å²) in [5.41, 5.74) is -0.781. The summed E-state index contributed by atoms with van der Waals surface area (Å²) < 4.78 is 0. The first-order valence-corrected chi connectivity index (χ1v) is 4.44. The van der Waals surface area contributed by atoms with Crippen molar-refractivity contribution in [2.45, 2.75) is 20.3 Å². The van der Waals surface area contributed by atoms with Gasteiger partial charge in [0.1, 0.15) is 0 Å². The average Bonchev–Trinajstić information content (AvgIpc) is 2.28. The van der Waals surface area contributed by atoms with Gasteiger partial charge in [-0.15, -0.1) is 0 Å². The van der Waals surface area contributed by atoms with Gasteiger partial charge in [0, 0.05) is 11.8 Å². The van der Waals surface area contributed by atoms with Crippen LogP contribution in [0.5, 0.6) is 0 Å². The van der Waals surface area contributed by atoms with Crippen LogP contribution in [0.25, 0.3) is 0 Å². The van der Waals surface area contributed by atoms with Gasteiger partial charge in [-0.05, 0) is 19.1 Å². The molecule has 2 rings (SSSR count). The zero-order valence-electron chi connectivity index (χ0n) is 7.83. The van der Waals surface area contributed by atoms with Crippen molar-refractivity contribution < 1.29 is 9.59 Å². The molecule has 0 saturated heterocycles. The van der Waals surface area contributed by atoms with Crippen LogP contribution in [0, 0.1) is 10.8 Å². The van der Waals surface area contributed by atoms with Crippen molar-refractivity contribution in [2.24, 2.45) is 10.8 Å². The summed E-state index contributed by atoms with van der Waals surface area (Å²) >= 11 is 0. The predicted octanol–water partition coefficient (Wildman–Crippen LogP) is 1.67. The highest BCUT2D eigenvalue weighted by atomic mass is 16.1. The predicted molar refractivity (Wildman–Crippen MR) is 49.1 cm³/mol. The van der Waals surface area contributed by atoms with E-state index in [9.17, 15) is 9.59 Å². The highest BCUT2D eigenvalue weighted by molar-refractivity contribution is 6.04. The Morgan fingerprint density at radius 3 is 2.54 bits per heavy atom.